The predicted octanol–water partition coefficient (Wildman–Crippen LogP) is 2.80. The van der Waals surface area contributed by atoms with E-state index >= 15 is 0 Å². The van der Waals surface area contributed by atoms with Crippen LogP contribution < -0.4 is 0 Å². The van der Waals surface area contributed by atoms with Gasteiger partial charge in [0.15, 0.2) is 0 Å². The number of esters is 1. The highest BCUT2D eigenvalue weighted by Crippen LogP contribution is 2.47. The van der Waals surface area contributed by atoms with Crippen molar-refractivity contribution < 1.29 is 58.7 Å². The number of hydrogen-bond acceptors (Lipinski definition) is 11. The zero-order valence-electron chi connectivity index (χ0n) is 24.8. The maximum absolute atomic E-state index is 12.1. The normalized spacial score (nSPS) is 27.0. The number of phosphoric ester groups is 1. The van der Waals surface area contributed by atoms with Gasteiger partial charge in [-0.15, -0.1) is 0 Å². The largest absolute Gasteiger partial charge is 0.472 e. The first kappa shape index (κ1) is 38.8. The Morgan fingerprint density at radius 2 is 1.24 bits per heavy atom. The van der Waals surface area contributed by atoms with Gasteiger partial charge in [0.05, 0.1) is 6.61 Å². The highest BCUT2D eigenvalue weighted by molar-refractivity contribution is 7.47. The Kier molecular flexibility index (Phi) is 20.7. The highest BCUT2D eigenvalue weighted by Gasteiger charge is 2.51. The number of allylic oxidation sites excluding steroid dienone is 4. The van der Waals surface area contributed by atoms with Crippen LogP contribution in [0.4, 0.5) is 0 Å². The van der Waals surface area contributed by atoms with Crippen molar-refractivity contribution in [3.63, 3.8) is 0 Å². The van der Waals surface area contributed by atoms with Crippen LogP contribution in [-0.2, 0) is 23.1 Å². The van der Waals surface area contributed by atoms with Crippen LogP contribution in [-0.4, -0.2) is 97.4 Å². The molecule has 6 unspecified atom stereocenters. The minimum Gasteiger partial charge on any atom is -0.463 e. The van der Waals surface area contributed by atoms with Gasteiger partial charge in [0.2, 0.25) is 0 Å². The Morgan fingerprint density at radius 1 is 0.738 bits per heavy atom. The lowest BCUT2D eigenvalue weighted by atomic mass is 9.85. The summed E-state index contributed by atoms with van der Waals surface area (Å²) in [6.07, 6.45) is 10.2. The summed E-state index contributed by atoms with van der Waals surface area (Å²) in [5.41, 5.74) is 0. The molecule has 0 heterocycles. The quantitative estimate of drug-likeness (QED) is 0.0380. The van der Waals surface area contributed by atoms with Crippen molar-refractivity contribution in [2.24, 2.45) is 0 Å². The minimum absolute atomic E-state index is 0.182. The van der Waals surface area contributed by atoms with Crippen LogP contribution in [0.2, 0.25) is 0 Å². The van der Waals surface area contributed by atoms with Crippen molar-refractivity contribution in [1.82, 2.24) is 0 Å². The molecule has 1 rings (SSSR count). The van der Waals surface area contributed by atoms with Crippen LogP contribution in [0, 0.1) is 0 Å². The monoisotopic (exact) mass is 624 g/mol. The number of unbranched alkanes of at least 4 members (excludes halogenated alkanes) is 10. The second-order valence-electron chi connectivity index (χ2n) is 10.8. The third-order valence-electron chi connectivity index (χ3n) is 7.03. The summed E-state index contributed by atoms with van der Waals surface area (Å²) >= 11 is 0. The molecule has 0 aromatic carbocycles. The van der Waals surface area contributed by atoms with Crippen LogP contribution in [0.3, 0.4) is 0 Å². The number of carbonyl (C=O) groups excluding carboxylic acids is 1. The number of rotatable bonds is 23. The van der Waals surface area contributed by atoms with Crippen LogP contribution in [0.1, 0.15) is 96.8 Å². The fraction of sp³-hybridized carbons (Fsp3) is 0.828. The van der Waals surface area contributed by atoms with Crippen molar-refractivity contribution in [3.05, 3.63) is 24.3 Å². The fourth-order valence-electron chi connectivity index (χ4n) is 4.43. The topological polar surface area (TPSA) is 203 Å². The van der Waals surface area contributed by atoms with Crippen molar-refractivity contribution >= 4 is 13.8 Å². The number of hydrogen-bond donors (Lipinski definition) is 7. The molecule has 0 amide bonds. The lowest BCUT2D eigenvalue weighted by Gasteiger charge is -2.41. The second-order valence-corrected chi connectivity index (χ2v) is 12.2. The van der Waals surface area contributed by atoms with Gasteiger partial charge in [-0.25, -0.2) is 4.57 Å². The van der Waals surface area contributed by atoms with Crippen molar-refractivity contribution in [3.8, 4) is 0 Å². The first-order valence-electron chi connectivity index (χ1n) is 15.2. The van der Waals surface area contributed by atoms with Gasteiger partial charge in [0, 0.05) is 6.42 Å². The minimum atomic E-state index is -4.99. The molecule has 0 radical (unpaired) electrons. The summed E-state index contributed by atoms with van der Waals surface area (Å²) < 4.78 is 26.3. The molecule has 246 valence electrons. The second kappa shape index (κ2) is 22.3. The van der Waals surface area contributed by atoms with E-state index in [9.17, 15) is 44.9 Å². The smallest absolute Gasteiger partial charge is 0.463 e. The summed E-state index contributed by atoms with van der Waals surface area (Å²) in [6, 6.07) is 0. The van der Waals surface area contributed by atoms with E-state index in [4.69, 9.17) is 4.74 Å². The lowest BCUT2D eigenvalue weighted by Crippen LogP contribution is -2.64. The number of aliphatic hydroxyl groups excluding tert-OH is 6. The summed E-state index contributed by atoms with van der Waals surface area (Å²) in [6.45, 7) is 0.949. The maximum Gasteiger partial charge on any atom is 0.472 e. The average Bonchev–Trinajstić information content (AvgIpc) is 2.96. The molecule has 1 saturated carbocycles. The molecule has 8 atom stereocenters. The van der Waals surface area contributed by atoms with Gasteiger partial charge in [-0.05, 0) is 38.5 Å². The van der Waals surface area contributed by atoms with Gasteiger partial charge in [-0.3, -0.25) is 13.8 Å². The Labute approximate surface area is 249 Å². The third kappa shape index (κ3) is 16.6. The van der Waals surface area contributed by atoms with E-state index < -0.39 is 69.7 Å². The van der Waals surface area contributed by atoms with E-state index in [1.165, 1.54) is 38.5 Å². The molecule has 0 spiro atoms. The van der Waals surface area contributed by atoms with E-state index in [0.29, 0.717) is 6.42 Å². The molecular weight excluding hydrogens is 571 g/mol. The van der Waals surface area contributed by atoms with E-state index in [-0.39, 0.29) is 6.42 Å². The molecule has 1 fully saturated rings. The summed E-state index contributed by atoms with van der Waals surface area (Å²) in [5, 5.41) is 58.6. The van der Waals surface area contributed by atoms with E-state index in [0.717, 1.165) is 38.5 Å². The molecule has 1 aliphatic carbocycles. The van der Waals surface area contributed by atoms with E-state index in [1.807, 2.05) is 0 Å². The third-order valence-corrected chi connectivity index (χ3v) is 8.01. The van der Waals surface area contributed by atoms with Crippen LogP contribution in [0.15, 0.2) is 24.3 Å². The molecule has 1 aliphatic rings. The van der Waals surface area contributed by atoms with Crippen molar-refractivity contribution in [2.45, 2.75) is 140 Å². The average molecular weight is 625 g/mol. The molecule has 42 heavy (non-hydrogen) atoms. The molecule has 12 nitrogen and oxygen atoms in total. The zero-order valence-corrected chi connectivity index (χ0v) is 25.7. The van der Waals surface area contributed by atoms with Gasteiger partial charge >= 0.3 is 13.8 Å². The van der Waals surface area contributed by atoms with Gasteiger partial charge in [0.25, 0.3) is 0 Å². The number of ether oxygens (including phenoxy) is 1. The van der Waals surface area contributed by atoms with Crippen LogP contribution in [0.5, 0.6) is 0 Å². The molecular formula is C29H53O12P. The molecule has 0 aromatic rings. The number of phosphoric acid groups is 1. The molecule has 7 N–H and O–H groups in total. The number of aliphatic hydroxyl groups is 6. The first-order chi connectivity index (χ1) is 20.0. The SMILES string of the molecule is CCCCC/C=C\C/C=C\CCCCCCCCCC(=O)OC[C@@H](O)COP(=O)(O)OC1C(O)C(O)C(O)[C@@H](O)C1O. The molecule has 0 bridgehead atoms. The summed E-state index contributed by atoms with van der Waals surface area (Å²) in [7, 11) is -4.99. The van der Waals surface area contributed by atoms with Crippen molar-refractivity contribution in [1.29, 1.82) is 0 Å². The standard InChI is InChI=1S/C29H53O12P/c1-2-3-4-5-6-7-8-9-10-11-12-13-14-15-16-17-18-19-23(31)39-20-22(30)21-40-42(37,38)41-29-27(35)25(33)24(32)26(34)28(29)36/h6-7,9-10,22,24-30,32-36H,2-5,8,11-21H2,1H3,(H,37,38)/b7-6-,10-9-/t22-,24?,25-,26?,27?,28?,29?/m1/s1. The lowest BCUT2D eigenvalue weighted by molar-refractivity contribution is -0.220. The van der Waals surface area contributed by atoms with Crippen LogP contribution >= 0.6 is 7.82 Å². The van der Waals surface area contributed by atoms with Gasteiger partial charge < -0.3 is 40.3 Å². The molecule has 0 aliphatic heterocycles. The Hall–Kier alpha value is -1.18. The molecule has 0 aromatic heterocycles. The van der Waals surface area contributed by atoms with Crippen LogP contribution in [0.25, 0.3) is 0 Å². The first-order valence-corrected chi connectivity index (χ1v) is 16.7. The Bertz CT molecular complexity index is 806. The zero-order chi connectivity index (χ0) is 31.4. The maximum atomic E-state index is 12.1. The highest BCUT2D eigenvalue weighted by atomic mass is 31.2. The van der Waals surface area contributed by atoms with Gasteiger partial charge in [-0.2, -0.15) is 0 Å². The molecule has 13 heteroatoms. The van der Waals surface area contributed by atoms with Gasteiger partial charge in [0.1, 0.15) is 49.3 Å². The van der Waals surface area contributed by atoms with Crippen molar-refractivity contribution in [2.75, 3.05) is 13.2 Å². The summed E-state index contributed by atoms with van der Waals surface area (Å²) in [4.78, 5) is 21.7. The number of carbonyl (C=O) groups is 1. The molecule has 0 saturated heterocycles. The van der Waals surface area contributed by atoms with Gasteiger partial charge in [-0.1, -0.05) is 76.2 Å². The Morgan fingerprint density at radius 3 is 1.81 bits per heavy atom. The fourth-order valence-corrected chi connectivity index (χ4v) is 5.41. The summed E-state index contributed by atoms with van der Waals surface area (Å²) in [5.74, 6) is -0.518. The van der Waals surface area contributed by atoms with E-state index in [2.05, 4.69) is 40.3 Å². The predicted molar refractivity (Wildman–Crippen MR) is 156 cm³/mol. The van der Waals surface area contributed by atoms with E-state index in [1.54, 1.807) is 0 Å². The Balaban J connectivity index is 2.06.